The van der Waals surface area contributed by atoms with Crippen molar-refractivity contribution < 1.29 is 0 Å². The zero-order chi connectivity index (χ0) is 35.9. The molecule has 0 aliphatic heterocycles. The molecule has 0 aromatic heterocycles. The van der Waals surface area contributed by atoms with E-state index in [0.29, 0.717) is 0 Å². The van der Waals surface area contributed by atoms with Crippen LogP contribution in [0, 0.1) is 11.8 Å². The maximum Gasteiger partial charge on any atom is -0.00248 e. The molecule has 1 nitrogen and oxygen atoms in total. The standard InChI is InChI=1S/2C16H34.C9H21N.2C2H4/c2*1-4-6-8-10-11-13-15-16(3)14-12-9-7-5-2;1-4-5-6-7-8-9-10(2)3;2*1-2/h2*16H,4-15H2,1-3H3;4-9H2,1-3H3;2*1-2H2. The highest BCUT2D eigenvalue weighted by Gasteiger charge is 2.02. The molecule has 0 saturated carbocycles. The lowest BCUT2D eigenvalue weighted by Crippen LogP contribution is -2.12. The van der Waals surface area contributed by atoms with E-state index >= 15 is 0 Å². The predicted octanol–water partition coefficient (Wildman–Crippen LogP) is 16.8. The fourth-order valence-corrected chi connectivity index (χ4v) is 5.71. The normalized spacial score (nSPS) is 11.5. The van der Waals surface area contributed by atoms with Crippen LogP contribution in [-0.2, 0) is 0 Å². The lowest BCUT2D eigenvalue weighted by molar-refractivity contribution is 0.390. The van der Waals surface area contributed by atoms with E-state index in [-0.39, 0.29) is 0 Å². The molecular weight excluding hydrogens is 555 g/mol. The molecule has 0 fully saturated rings. The summed E-state index contributed by atoms with van der Waals surface area (Å²) in [6, 6.07) is 0. The van der Waals surface area contributed by atoms with Gasteiger partial charge < -0.3 is 4.90 Å². The van der Waals surface area contributed by atoms with Gasteiger partial charge in [-0.15, -0.1) is 26.3 Å². The van der Waals surface area contributed by atoms with Crippen LogP contribution in [-0.4, -0.2) is 25.5 Å². The minimum Gasteiger partial charge on any atom is -0.309 e. The van der Waals surface area contributed by atoms with Gasteiger partial charge in [0.05, 0.1) is 0 Å². The van der Waals surface area contributed by atoms with Crippen molar-refractivity contribution in [2.75, 3.05) is 20.6 Å². The maximum atomic E-state index is 3.00. The molecule has 2 atom stereocenters. The highest BCUT2D eigenvalue weighted by atomic mass is 15.0. The Kier molecular flexibility index (Phi) is 67.7. The summed E-state index contributed by atoms with van der Waals surface area (Å²) in [5.41, 5.74) is 0. The first kappa shape index (κ1) is 54.9. The molecule has 0 radical (unpaired) electrons. The molecule has 46 heavy (non-hydrogen) atoms. The van der Waals surface area contributed by atoms with Crippen LogP contribution in [0.1, 0.15) is 235 Å². The van der Waals surface area contributed by atoms with Crippen LogP contribution in [0.3, 0.4) is 0 Å². The third-order valence-corrected chi connectivity index (χ3v) is 8.91. The second kappa shape index (κ2) is 56.8. The fourth-order valence-electron chi connectivity index (χ4n) is 5.71. The molecule has 282 valence electrons. The van der Waals surface area contributed by atoms with Gasteiger partial charge in [0.1, 0.15) is 0 Å². The van der Waals surface area contributed by atoms with Crippen LogP contribution in [0.2, 0.25) is 0 Å². The van der Waals surface area contributed by atoms with E-state index in [2.05, 4.69) is 93.8 Å². The Labute approximate surface area is 297 Å². The van der Waals surface area contributed by atoms with E-state index in [0.717, 1.165) is 11.8 Å². The van der Waals surface area contributed by atoms with Gasteiger partial charge >= 0.3 is 0 Å². The monoisotopic (exact) mass is 652 g/mol. The van der Waals surface area contributed by atoms with E-state index in [1.54, 1.807) is 0 Å². The van der Waals surface area contributed by atoms with Crippen molar-refractivity contribution in [1.29, 1.82) is 0 Å². The van der Waals surface area contributed by atoms with Gasteiger partial charge in [0.2, 0.25) is 0 Å². The van der Waals surface area contributed by atoms with E-state index in [9.17, 15) is 0 Å². The second-order valence-electron chi connectivity index (χ2n) is 14.2. The van der Waals surface area contributed by atoms with Gasteiger partial charge in [-0.1, -0.05) is 228 Å². The highest BCUT2D eigenvalue weighted by Crippen LogP contribution is 2.19. The summed E-state index contributed by atoms with van der Waals surface area (Å²) in [5.74, 6) is 1.95. The first-order valence-electron chi connectivity index (χ1n) is 21.0. The van der Waals surface area contributed by atoms with Gasteiger partial charge in [0, 0.05) is 0 Å². The molecule has 2 unspecified atom stereocenters. The summed E-state index contributed by atoms with van der Waals surface area (Å²) in [6.07, 6.45) is 41.6. The lowest BCUT2D eigenvalue weighted by Gasteiger charge is -2.10. The Bertz CT molecular complexity index is 412. The zero-order valence-corrected chi connectivity index (χ0v) is 34.6. The summed E-state index contributed by atoms with van der Waals surface area (Å²) in [7, 11) is 4.28. The van der Waals surface area contributed by atoms with Crippen molar-refractivity contribution >= 4 is 0 Å². The quantitative estimate of drug-likeness (QED) is 0.0552. The van der Waals surface area contributed by atoms with Crippen LogP contribution in [0.25, 0.3) is 0 Å². The number of rotatable bonds is 30. The molecule has 0 aromatic carbocycles. The van der Waals surface area contributed by atoms with Crippen LogP contribution in [0.4, 0.5) is 0 Å². The first-order chi connectivity index (χ1) is 22.4. The number of hydrogen-bond acceptors (Lipinski definition) is 1. The van der Waals surface area contributed by atoms with Gasteiger partial charge in [0.25, 0.3) is 0 Å². The molecule has 0 bridgehead atoms. The molecule has 0 N–H and O–H groups in total. The molecular formula is C45H97N. The molecule has 0 saturated heterocycles. The van der Waals surface area contributed by atoms with Gasteiger partial charge in [0.15, 0.2) is 0 Å². The molecule has 0 amide bonds. The molecule has 0 heterocycles. The first-order valence-corrected chi connectivity index (χ1v) is 21.0. The number of hydrogen-bond donors (Lipinski definition) is 0. The van der Waals surface area contributed by atoms with E-state index in [4.69, 9.17) is 0 Å². The van der Waals surface area contributed by atoms with Crippen molar-refractivity contribution in [1.82, 2.24) is 4.90 Å². The van der Waals surface area contributed by atoms with Crippen LogP contribution < -0.4 is 0 Å². The van der Waals surface area contributed by atoms with Crippen LogP contribution in [0.5, 0.6) is 0 Å². The van der Waals surface area contributed by atoms with Crippen molar-refractivity contribution in [3.05, 3.63) is 26.3 Å². The van der Waals surface area contributed by atoms with Gasteiger partial charge in [-0.2, -0.15) is 0 Å². The summed E-state index contributed by atoms with van der Waals surface area (Å²) >= 11 is 0. The zero-order valence-electron chi connectivity index (χ0n) is 34.6. The van der Waals surface area contributed by atoms with Crippen molar-refractivity contribution in [3.63, 3.8) is 0 Å². The summed E-state index contributed by atoms with van der Waals surface area (Å²) in [5, 5.41) is 0. The third-order valence-electron chi connectivity index (χ3n) is 8.91. The van der Waals surface area contributed by atoms with Gasteiger partial charge in [-0.05, 0) is 38.9 Å². The number of nitrogens with zero attached hydrogens (tertiary/aromatic N) is 1. The Morgan fingerprint density at radius 1 is 0.326 bits per heavy atom. The summed E-state index contributed by atoms with van der Waals surface area (Å²) in [4.78, 5) is 2.26. The minimum absolute atomic E-state index is 0.975. The predicted molar refractivity (Wildman–Crippen MR) is 222 cm³/mol. The van der Waals surface area contributed by atoms with E-state index in [1.807, 2.05) is 0 Å². The second-order valence-corrected chi connectivity index (χ2v) is 14.2. The lowest BCUT2D eigenvalue weighted by atomic mass is 9.96. The molecule has 0 rings (SSSR count). The van der Waals surface area contributed by atoms with E-state index < -0.39 is 0 Å². The Balaban J connectivity index is -0.000000177. The Morgan fingerprint density at radius 3 is 0.761 bits per heavy atom. The molecule has 1 heteroatoms. The molecule has 0 aliphatic rings. The minimum atomic E-state index is 0.975. The molecule has 0 spiro atoms. The molecule has 0 aromatic rings. The highest BCUT2D eigenvalue weighted by molar-refractivity contribution is 4.56. The topological polar surface area (TPSA) is 3.24 Å². The van der Waals surface area contributed by atoms with Crippen molar-refractivity contribution in [3.8, 4) is 0 Å². The maximum absolute atomic E-state index is 3.00. The SMILES string of the molecule is C=C.C=C.CCCCCCCCC(C)CCCCCC.CCCCCCCCC(C)CCCCCC.CCCCCCCN(C)C. The Hall–Kier alpha value is -0.560. The van der Waals surface area contributed by atoms with E-state index in [1.165, 1.54) is 193 Å². The van der Waals surface area contributed by atoms with Crippen molar-refractivity contribution in [2.45, 2.75) is 235 Å². The average Bonchev–Trinajstić information content (AvgIpc) is 3.07. The summed E-state index contributed by atoms with van der Waals surface area (Å²) in [6.45, 7) is 29.6. The van der Waals surface area contributed by atoms with Gasteiger partial charge in [-0.25, -0.2) is 0 Å². The third kappa shape index (κ3) is 66.0. The van der Waals surface area contributed by atoms with Crippen molar-refractivity contribution in [2.24, 2.45) is 11.8 Å². The smallest absolute Gasteiger partial charge is 0.00248 e. The summed E-state index contributed by atoms with van der Waals surface area (Å²) < 4.78 is 0. The largest absolute Gasteiger partial charge is 0.309 e. The van der Waals surface area contributed by atoms with Gasteiger partial charge in [-0.3, -0.25) is 0 Å². The average molecular weight is 652 g/mol. The van der Waals surface area contributed by atoms with Crippen LogP contribution in [0.15, 0.2) is 26.3 Å². The molecule has 0 aliphatic carbocycles. The van der Waals surface area contributed by atoms with Crippen LogP contribution >= 0.6 is 0 Å². The number of unbranched alkanes of at least 4 members (excludes halogenated alkanes) is 20. The fraction of sp³-hybridized carbons (Fsp3) is 0.911. The Morgan fingerprint density at radius 2 is 0.522 bits per heavy atom.